The number of ketones is 2. The highest BCUT2D eigenvalue weighted by atomic mass is 16.6. The molecule has 0 amide bonds. The van der Waals surface area contributed by atoms with Crippen molar-refractivity contribution in [3.63, 3.8) is 0 Å². The molecule has 0 bridgehead atoms. The first-order chi connectivity index (χ1) is 7.97. The molecule has 0 spiro atoms. The van der Waals surface area contributed by atoms with Crippen molar-refractivity contribution >= 4 is 17.5 Å². The summed E-state index contributed by atoms with van der Waals surface area (Å²) in [5, 5.41) is 17.4. The third kappa shape index (κ3) is 3.34. The van der Waals surface area contributed by atoms with Gasteiger partial charge >= 0.3 is 5.97 Å². The van der Waals surface area contributed by atoms with Gasteiger partial charge in [0.1, 0.15) is 0 Å². The monoisotopic (exact) mass is 244 g/mol. The number of hydrogen-bond acceptors (Lipinski definition) is 6. The van der Waals surface area contributed by atoms with E-state index in [4.69, 9.17) is 10.2 Å². The molecule has 1 aliphatic rings. The minimum Gasteiger partial charge on any atom is -0.453 e. The zero-order chi connectivity index (χ0) is 13.0. The van der Waals surface area contributed by atoms with Crippen LogP contribution >= 0.6 is 0 Å². The maximum atomic E-state index is 11.7. The molecule has 2 unspecified atom stereocenters. The molecule has 1 saturated heterocycles. The van der Waals surface area contributed by atoms with Gasteiger partial charge in [0.25, 0.3) is 0 Å². The van der Waals surface area contributed by atoms with Crippen molar-refractivity contribution in [1.82, 2.24) is 0 Å². The fourth-order valence-corrected chi connectivity index (χ4v) is 1.71. The smallest absolute Gasteiger partial charge is 0.325 e. The van der Waals surface area contributed by atoms with Crippen LogP contribution in [-0.4, -0.2) is 40.1 Å². The van der Waals surface area contributed by atoms with E-state index in [2.05, 4.69) is 4.74 Å². The molecule has 1 fully saturated rings. The summed E-state index contributed by atoms with van der Waals surface area (Å²) in [5.74, 6) is -3.35. The molecule has 1 heterocycles. The first kappa shape index (κ1) is 13.8. The van der Waals surface area contributed by atoms with Gasteiger partial charge in [-0.2, -0.15) is 0 Å². The van der Waals surface area contributed by atoms with Gasteiger partial charge in [-0.3, -0.25) is 14.4 Å². The number of rotatable bonds is 6. The first-order valence-electron chi connectivity index (χ1n) is 5.60. The number of esters is 1. The number of aliphatic hydroxyl groups is 2. The van der Waals surface area contributed by atoms with E-state index in [1.165, 1.54) is 0 Å². The summed E-state index contributed by atoms with van der Waals surface area (Å²) in [7, 11) is 0. The molecule has 1 aliphatic heterocycles. The van der Waals surface area contributed by atoms with Gasteiger partial charge in [-0.1, -0.05) is 13.3 Å². The molecule has 6 nitrogen and oxygen atoms in total. The number of carbonyl (C=O) groups excluding carboxylic acids is 3. The van der Waals surface area contributed by atoms with Crippen LogP contribution in [-0.2, 0) is 19.1 Å². The van der Waals surface area contributed by atoms with Gasteiger partial charge < -0.3 is 14.9 Å². The van der Waals surface area contributed by atoms with Crippen molar-refractivity contribution in [2.45, 2.75) is 45.0 Å². The predicted molar refractivity (Wildman–Crippen MR) is 55.8 cm³/mol. The Morgan fingerprint density at radius 1 is 1.41 bits per heavy atom. The Labute approximate surface area is 98.6 Å². The number of aliphatic hydroxyl groups excluding tert-OH is 1. The molecule has 6 heteroatoms. The number of Topliss-reactive ketones (excluding diaryl/α,β-unsaturated/α-hetero) is 2. The van der Waals surface area contributed by atoms with E-state index >= 15 is 0 Å². The highest BCUT2D eigenvalue weighted by molar-refractivity contribution is 6.21. The van der Waals surface area contributed by atoms with Crippen molar-refractivity contribution in [2.75, 3.05) is 0 Å². The third-order valence-electron chi connectivity index (χ3n) is 2.62. The van der Waals surface area contributed by atoms with Crippen LogP contribution in [0.15, 0.2) is 0 Å². The van der Waals surface area contributed by atoms with Gasteiger partial charge in [0.2, 0.25) is 0 Å². The first-order valence-corrected chi connectivity index (χ1v) is 5.60. The number of cyclic esters (lactones) is 1. The normalized spacial score (nSPS) is 24.2. The van der Waals surface area contributed by atoms with Crippen LogP contribution in [0.4, 0.5) is 0 Å². The zero-order valence-electron chi connectivity index (χ0n) is 9.59. The molecule has 0 aromatic carbocycles. The molecule has 2 atom stereocenters. The lowest BCUT2D eigenvalue weighted by molar-refractivity contribution is -0.149. The lowest BCUT2D eigenvalue weighted by atomic mass is 9.94. The van der Waals surface area contributed by atoms with Gasteiger partial charge in [-0.15, -0.1) is 0 Å². The maximum Gasteiger partial charge on any atom is 0.325 e. The van der Waals surface area contributed by atoms with Crippen LogP contribution in [0, 0.1) is 5.92 Å². The number of carbonyl (C=O) groups is 3. The number of ether oxygens (including phenoxy) is 1. The summed E-state index contributed by atoms with van der Waals surface area (Å²) in [4.78, 5) is 34.6. The van der Waals surface area contributed by atoms with Gasteiger partial charge in [0.05, 0.1) is 0 Å². The fourth-order valence-electron chi connectivity index (χ4n) is 1.71. The van der Waals surface area contributed by atoms with Crippen LogP contribution in [0.1, 0.15) is 32.6 Å². The largest absolute Gasteiger partial charge is 0.453 e. The summed E-state index contributed by atoms with van der Waals surface area (Å²) >= 11 is 0. The van der Waals surface area contributed by atoms with Crippen molar-refractivity contribution in [3.8, 4) is 0 Å². The Kier molecular flexibility index (Phi) is 4.77. The second-order valence-corrected chi connectivity index (χ2v) is 4.05. The minimum atomic E-state index is -1.73. The Morgan fingerprint density at radius 2 is 2.06 bits per heavy atom. The van der Waals surface area contributed by atoms with Gasteiger partial charge in [0.15, 0.2) is 29.9 Å². The van der Waals surface area contributed by atoms with Gasteiger partial charge in [-0.05, 0) is 6.42 Å². The van der Waals surface area contributed by atoms with E-state index in [1.807, 2.05) is 6.92 Å². The van der Waals surface area contributed by atoms with Crippen molar-refractivity contribution in [1.29, 1.82) is 0 Å². The van der Waals surface area contributed by atoms with E-state index < -0.39 is 35.8 Å². The second-order valence-electron chi connectivity index (χ2n) is 4.05. The summed E-state index contributed by atoms with van der Waals surface area (Å²) < 4.78 is 4.67. The van der Waals surface area contributed by atoms with Crippen LogP contribution in [0.2, 0.25) is 0 Å². The average Bonchev–Trinajstić information content (AvgIpc) is 2.50. The summed E-state index contributed by atoms with van der Waals surface area (Å²) in [5.41, 5.74) is 0. The van der Waals surface area contributed by atoms with E-state index in [9.17, 15) is 14.4 Å². The fraction of sp³-hybridized carbons (Fsp3) is 0.727. The van der Waals surface area contributed by atoms with Crippen LogP contribution < -0.4 is 0 Å². The van der Waals surface area contributed by atoms with E-state index in [0.29, 0.717) is 6.42 Å². The predicted octanol–water partition coefficient (Wildman–Crippen LogP) is -0.443. The maximum absolute atomic E-state index is 11.7. The van der Waals surface area contributed by atoms with Crippen molar-refractivity contribution < 1.29 is 29.3 Å². The van der Waals surface area contributed by atoms with E-state index in [1.54, 1.807) is 0 Å². The molecule has 0 saturated carbocycles. The van der Waals surface area contributed by atoms with E-state index in [-0.39, 0.29) is 12.8 Å². The molecule has 1 rings (SSSR count). The van der Waals surface area contributed by atoms with E-state index in [0.717, 1.165) is 6.42 Å². The molecule has 0 radical (unpaired) electrons. The standard InChI is InChI=1S/C11H16O6/c1-2-3-4-6(12)9-10(15)7(5-8(13)14)17-11(9)16/h7-9,13-14H,2-5H2,1H3. The lowest BCUT2D eigenvalue weighted by Gasteiger charge is -2.08. The molecule has 0 aromatic heterocycles. The van der Waals surface area contributed by atoms with Gasteiger partial charge in [-0.25, -0.2) is 0 Å². The number of hydrogen-bond donors (Lipinski definition) is 2. The number of unbranched alkanes of at least 4 members (excludes halogenated alkanes) is 1. The molecular weight excluding hydrogens is 228 g/mol. The molecule has 17 heavy (non-hydrogen) atoms. The summed E-state index contributed by atoms with van der Waals surface area (Å²) in [6.07, 6.45) is -1.76. The summed E-state index contributed by atoms with van der Waals surface area (Å²) in [6, 6.07) is 0. The van der Waals surface area contributed by atoms with Crippen molar-refractivity contribution in [2.24, 2.45) is 5.92 Å². The summed E-state index contributed by atoms with van der Waals surface area (Å²) in [6.45, 7) is 1.90. The quantitative estimate of drug-likeness (QED) is 0.373. The van der Waals surface area contributed by atoms with Crippen LogP contribution in [0.5, 0.6) is 0 Å². The highest BCUT2D eigenvalue weighted by Gasteiger charge is 2.47. The van der Waals surface area contributed by atoms with Crippen LogP contribution in [0.25, 0.3) is 0 Å². The Balaban J connectivity index is 2.65. The lowest BCUT2D eigenvalue weighted by Crippen LogP contribution is -2.29. The third-order valence-corrected chi connectivity index (χ3v) is 2.62. The Hall–Kier alpha value is -1.27. The molecule has 2 N–H and O–H groups in total. The topological polar surface area (TPSA) is 101 Å². The highest BCUT2D eigenvalue weighted by Crippen LogP contribution is 2.23. The second kappa shape index (κ2) is 5.88. The molecular formula is C11H16O6. The van der Waals surface area contributed by atoms with Gasteiger partial charge in [0, 0.05) is 12.8 Å². The average molecular weight is 244 g/mol. The Bertz CT molecular complexity index is 322. The molecule has 0 aromatic rings. The Morgan fingerprint density at radius 3 is 2.59 bits per heavy atom. The minimum absolute atomic E-state index is 0.163. The SMILES string of the molecule is CCCCC(=O)C1C(=O)OC(CC(O)O)C1=O. The van der Waals surface area contributed by atoms with Crippen molar-refractivity contribution in [3.05, 3.63) is 0 Å². The molecule has 0 aliphatic carbocycles. The zero-order valence-corrected chi connectivity index (χ0v) is 9.59. The van der Waals surface area contributed by atoms with Crippen LogP contribution in [0.3, 0.4) is 0 Å². The molecule has 96 valence electrons.